The van der Waals surface area contributed by atoms with E-state index < -0.39 is 31.1 Å². The topological polar surface area (TPSA) is 78.4 Å². The number of rotatable bonds is 8. The molecular weight excluding hydrogens is 523 g/mol. The third-order valence-electron chi connectivity index (χ3n) is 4.98. The fraction of sp³-hybridized carbons (Fsp3) is 0.0769. The van der Waals surface area contributed by atoms with Crippen molar-refractivity contribution in [3.8, 4) is 0 Å². The molecule has 0 saturated heterocycles. The standard InChI is InChI=1S/2C7H7.2C6H5NO2.Sn/c2*1-7-5-3-2-4-6-7;2*8-6(9)5-2-1-3-7-4-5;/h2*2-6H,1H2;2*1-4H,(H,8,9);/q;;;;+2/p-2. The molecule has 6 nitrogen and oxygen atoms in total. The summed E-state index contributed by atoms with van der Waals surface area (Å²) in [4.78, 5) is 34.3. The van der Waals surface area contributed by atoms with Crippen LogP contribution in [0, 0.1) is 0 Å². The van der Waals surface area contributed by atoms with Crippen molar-refractivity contribution in [3.05, 3.63) is 132 Å². The monoisotopic (exact) mass is 546 g/mol. The van der Waals surface area contributed by atoms with Gasteiger partial charge in [0, 0.05) is 0 Å². The zero-order valence-electron chi connectivity index (χ0n) is 17.8. The van der Waals surface area contributed by atoms with Crippen LogP contribution < -0.4 is 0 Å². The first-order valence-corrected chi connectivity index (χ1v) is 16.8. The van der Waals surface area contributed by atoms with Crippen LogP contribution in [0.3, 0.4) is 0 Å². The van der Waals surface area contributed by atoms with Crippen molar-refractivity contribution in [1.82, 2.24) is 9.97 Å². The van der Waals surface area contributed by atoms with E-state index in [1.807, 2.05) is 60.7 Å². The molecule has 0 atom stereocenters. The van der Waals surface area contributed by atoms with Crippen molar-refractivity contribution in [2.24, 2.45) is 0 Å². The van der Waals surface area contributed by atoms with Gasteiger partial charge in [-0.3, -0.25) is 0 Å². The second-order valence-corrected chi connectivity index (χ2v) is 15.9. The van der Waals surface area contributed by atoms with Gasteiger partial charge in [0.05, 0.1) is 0 Å². The van der Waals surface area contributed by atoms with Crippen LogP contribution in [0.5, 0.6) is 0 Å². The van der Waals surface area contributed by atoms with Gasteiger partial charge in [-0.15, -0.1) is 0 Å². The van der Waals surface area contributed by atoms with Gasteiger partial charge in [0.25, 0.3) is 0 Å². The van der Waals surface area contributed by atoms with Crippen LogP contribution in [0.4, 0.5) is 0 Å². The zero-order valence-corrected chi connectivity index (χ0v) is 20.7. The Morgan fingerprint density at radius 2 is 1.03 bits per heavy atom. The van der Waals surface area contributed by atoms with Crippen LogP contribution in [0.2, 0.25) is 0 Å². The van der Waals surface area contributed by atoms with E-state index in [1.54, 1.807) is 36.7 Å². The molecular formula is C26H22N2O4Sn. The van der Waals surface area contributed by atoms with Crippen molar-refractivity contribution in [3.63, 3.8) is 0 Å². The zero-order chi connectivity index (χ0) is 22.9. The normalized spacial score (nSPS) is 10.9. The molecule has 0 radical (unpaired) electrons. The van der Waals surface area contributed by atoms with E-state index in [-0.39, 0.29) is 0 Å². The third kappa shape index (κ3) is 6.26. The maximum absolute atomic E-state index is 13.1. The molecule has 0 N–H and O–H groups in total. The van der Waals surface area contributed by atoms with Gasteiger partial charge in [-0.25, -0.2) is 0 Å². The van der Waals surface area contributed by atoms with E-state index in [0.717, 1.165) is 11.1 Å². The molecule has 2 aromatic heterocycles. The summed E-state index contributed by atoms with van der Waals surface area (Å²) in [6.07, 6.45) is 6.08. The number of carbonyl (C=O) groups excluding carboxylic acids is 2. The molecule has 0 fully saturated rings. The maximum atomic E-state index is 13.1. The summed E-state index contributed by atoms with van der Waals surface area (Å²) >= 11 is -4.51. The Balaban J connectivity index is 1.74. The van der Waals surface area contributed by atoms with Crippen LogP contribution in [0.1, 0.15) is 31.8 Å². The van der Waals surface area contributed by atoms with Crippen LogP contribution in [0.15, 0.2) is 110 Å². The summed E-state index contributed by atoms with van der Waals surface area (Å²) in [6, 6.07) is 25.9. The second-order valence-electron chi connectivity index (χ2n) is 7.50. The van der Waals surface area contributed by atoms with E-state index in [2.05, 4.69) is 9.97 Å². The Morgan fingerprint density at radius 3 is 1.39 bits per heavy atom. The molecule has 0 aliphatic heterocycles. The molecule has 2 heterocycles. The van der Waals surface area contributed by atoms with Crippen molar-refractivity contribution in [2.75, 3.05) is 0 Å². The first-order valence-electron chi connectivity index (χ1n) is 10.5. The molecule has 4 aromatic rings. The average molecular weight is 545 g/mol. The molecule has 164 valence electrons. The number of pyridine rings is 2. The number of carbonyl (C=O) groups is 2. The Kier molecular flexibility index (Phi) is 7.47. The summed E-state index contributed by atoms with van der Waals surface area (Å²) < 4.78 is 13.1. The minimum atomic E-state index is -4.51. The number of nitrogens with zero attached hydrogens (tertiary/aromatic N) is 2. The number of aromatic nitrogens is 2. The van der Waals surface area contributed by atoms with Crippen molar-refractivity contribution < 1.29 is 15.7 Å². The van der Waals surface area contributed by atoms with Gasteiger partial charge < -0.3 is 0 Å². The summed E-state index contributed by atoms with van der Waals surface area (Å²) in [6.45, 7) is 0. The van der Waals surface area contributed by atoms with Gasteiger partial charge in [-0.2, -0.15) is 0 Å². The first kappa shape index (κ1) is 22.7. The van der Waals surface area contributed by atoms with Gasteiger partial charge in [0.15, 0.2) is 0 Å². The quantitative estimate of drug-likeness (QED) is 0.304. The molecule has 0 spiro atoms. The minimum absolute atomic E-state index is 0.317. The average Bonchev–Trinajstić information content (AvgIpc) is 2.86. The van der Waals surface area contributed by atoms with E-state index in [4.69, 9.17) is 6.15 Å². The van der Waals surface area contributed by atoms with Crippen molar-refractivity contribution >= 4 is 31.1 Å². The fourth-order valence-corrected chi connectivity index (χ4v) is 12.3. The van der Waals surface area contributed by atoms with Crippen LogP contribution >= 0.6 is 0 Å². The van der Waals surface area contributed by atoms with E-state index >= 15 is 0 Å². The van der Waals surface area contributed by atoms with Crippen LogP contribution in [-0.4, -0.2) is 41.1 Å². The Labute approximate surface area is 197 Å². The molecule has 7 heteroatoms. The molecule has 33 heavy (non-hydrogen) atoms. The fourth-order valence-electron chi connectivity index (χ4n) is 3.46. The summed E-state index contributed by atoms with van der Waals surface area (Å²) in [5, 5.41) is 0. The van der Waals surface area contributed by atoms with E-state index in [9.17, 15) is 9.59 Å². The Morgan fingerprint density at radius 1 is 0.606 bits per heavy atom. The number of hydrogen-bond acceptors (Lipinski definition) is 6. The molecule has 0 aliphatic carbocycles. The van der Waals surface area contributed by atoms with Gasteiger partial charge in [-0.1, -0.05) is 0 Å². The van der Waals surface area contributed by atoms with Gasteiger partial charge in [-0.05, 0) is 0 Å². The third-order valence-corrected chi connectivity index (χ3v) is 13.6. The molecule has 0 unspecified atom stereocenters. The molecule has 0 saturated carbocycles. The van der Waals surface area contributed by atoms with Gasteiger partial charge in [0.1, 0.15) is 0 Å². The van der Waals surface area contributed by atoms with Crippen molar-refractivity contribution in [2.45, 2.75) is 8.87 Å². The van der Waals surface area contributed by atoms with Gasteiger partial charge >= 0.3 is 198 Å². The Hall–Kier alpha value is -3.52. The second kappa shape index (κ2) is 10.9. The number of hydrogen-bond donors (Lipinski definition) is 0. The number of benzene rings is 2. The molecule has 0 bridgehead atoms. The molecule has 4 rings (SSSR count). The Bertz CT molecular complexity index is 1090. The van der Waals surface area contributed by atoms with Crippen molar-refractivity contribution in [1.29, 1.82) is 0 Å². The predicted octanol–water partition coefficient (Wildman–Crippen LogP) is 4.50. The first-order chi connectivity index (χ1) is 16.1. The summed E-state index contributed by atoms with van der Waals surface area (Å²) in [5.74, 6) is -1.07. The van der Waals surface area contributed by atoms with Crippen LogP contribution in [0.25, 0.3) is 0 Å². The predicted molar refractivity (Wildman–Crippen MR) is 125 cm³/mol. The van der Waals surface area contributed by atoms with Crippen LogP contribution in [-0.2, 0) is 15.0 Å². The van der Waals surface area contributed by atoms with Gasteiger partial charge in [0.2, 0.25) is 0 Å². The summed E-state index contributed by atoms with van der Waals surface area (Å²) in [7, 11) is 0. The SMILES string of the molecule is O=C([O][Sn]([CH2]c1ccccc1)([CH2]c1ccccc1)[O]C(=O)c1cccnc1)c1cccnc1. The molecule has 2 aromatic carbocycles. The van der Waals surface area contributed by atoms with E-state index in [0.29, 0.717) is 20.0 Å². The molecule has 0 aliphatic rings. The van der Waals surface area contributed by atoms with E-state index in [1.165, 1.54) is 12.4 Å². The molecule has 0 amide bonds. The summed E-state index contributed by atoms with van der Waals surface area (Å²) in [5.41, 5.74) is 2.53.